The summed E-state index contributed by atoms with van der Waals surface area (Å²) in [6.45, 7) is 0. The summed E-state index contributed by atoms with van der Waals surface area (Å²) in [7, 11) is 0. The van der Waals surface area contributed by atoms with Crippen LogP contribution in [0.15, 0.2) is 41.2 Å². The fraction of sp³-hybridized carbons (Fsp3) is 0.125. The van der Waals surface area contributed by atoms with Gasteiger partial charge in [-0.25, -0.2) is 4.98 Å². The van der Waals surface area contributed by atoms with Crippen molar-refractivity contribution in [1.29, 1.82) is 0 Å². The maximum Gasteiger partial charge on any atom is 0.286 e. The molecule has 3 amide bonds. The van der Waals surface area contributed by atoms with E-state index >= 15 is 0 Å². The number of rotatable bonds is 6. The zero-order chi connectivity index (χ0) is 18.4. The van der Waals surface area contributed by atoms with Crippen molar-refractivity contribution in [1.82, 2.24) is 20.8 Å². The molecule has 8 nitrogen and oxygen atoms in total. The Morgan fingerprint density at radius 2 is 1.92 bits per heavy atom. The highest BCUT2D eigenvalue weighted by atomic mass is 32.1. The molecule has 0 saturated heterocycles. The van der Waals surface area contributed by atoms with Crippen LogP contribution in [0.4, 0.5) is 5.13 Å². The standard InChI is InChI=1S/C16H15N5O3S2/c22-13(8-11-3-2-6-25-11)19-16-18-10(9-26-16)7-14(23)20-21-15(24)12-4-1-5-17-12/h1-6,9,17H,7-8H2,(H,20,23)(H,21,24)(H,18,19,22). The topological polar surface area (TPSA) is 116 Å². The Balaban J connectivity index is 1.44. The van der Waals surface area contributed by atoms with E-state index in [0.717, 1.165) is 4.88 Å². The summed E-state index contributed by atoms with van der Waals surface area (Å²) in [5.74, 6) is -1.01. The van der Waals surface area contributed by atoms with Crippen molar-refractivity contribution in [2.75, 3.05) is 5.32 Å². The second-order valence-corrected chi connectivity index (χ2v) is 7.10. The van der Waals surface area contributed by atoms with Gasteiger partial charge in [-0.1, -0.05) is 6.07 Å². The number of anilines is 1. The number of aromatic amines is 1. The van der Waals surface area contributed by atoms with Crippen LogP contribution in [0.1, 0.15) is 21.1 Å². The van der Waals surface area contributed by atoms with Gasteiger partial charge >= 0.3 is 0 Å². The zero-order valence-corrected chi connectivity index (χ0v) is 15.1. The highest BCUT2D eigenvalue weighted by Crippen LogP contribution is 2.17. The SMILES string of the molecule is O=C(Cc1csc(NC(=O)Cc2cccs2)n1)NNC(=O)c1ccc[nH]1. The second-order valence-electron chi connectivity index (χ2n) is 5.21. The Labute approximate surface area is 156 Å². The largest absolute Gasteiger partial charge is 0.357 e. The fourth-order valence-electron chi connectivity index (χ4n) is 2.05. The molecule has 0 atom stereocenters. The summed E-state index contributed by atoms with van der Waals surface area (Å²) >= 11 is 2.76. The van der Waals surface area contributed by atoms with Crippen molar-refractivity contribution in [3.05, 3.63) is 57.5 Å². The first-order valence-electron chi connectivity index (χ1n) is 7.59. The first-order valence-corrected chi connectivity index (χ1v) is 9.35. The fourth-order valence-corrected chi connectivity index (χ4v) is 3.48. The lowest BCUT2D eigenvalue weighted by Gasteiger charge is -2.05. The molecule has 3 heterocycles. The van der Waals surface area contributed by atoms with E-state index in [9.17, 15) is 14.4 Å². The van der Waals surface area contributed by atoms with Crippen LogP contribution in [0.25, 0.3) is 0 Å². The highest BCUT2D eigenvalue weighted by Gasteiger charge is 2.12. The summed E-state index contributed by atoms with van der Waals surface area (Å²) in [5.41, 5.74) is 5.48. The third-order valence-corrected chi connectivity index (χ3v) is 4.90. The minimum atomic E-state index is -0.442. The normalized spacial score (nSPS) is 10.3. The number of carbonyl (C=O) groups is 3. The van der Waals surface area contributed by atoms with Crippen molar-refractivity contribution >= 4 is 45.5 Å². The zero-order valence-electron chi connectivity index (χ0n) is 13.4. The van der Waals surface area contributed by atoms with Crippen LogP contribution >= 0.6 is 22.7 Å². The van der Waals surface area contributed by atoms with Crippen molar-refractivity contribution in [2.24, 2.45) is 0 Å². The van der Waals surface area contributed by atoms with Gasteiger partial charge in [0.2, 0.25) is 11.8 Å². The number of amides is 3. The lowest BCUT2D eigenvalue weighted by Crippen LogP contribution is -2.42. The summed E-state index contributed by atoms with van der Waals surface area (Å²) in [6, 6.07) is 7.05. The number of nitrogens with zero attached hydrogens (tertiary/aromatic N) is 1. The maximum absolute atomic E-state index is 11.9. The summed E-state index contributed by atoms with van der Waals surface area (Å²) in [4.78, 5) is 43.4. The molecule has 4 N–H and O–H groups in total. The van der Waals surface area contributed by atoms with Gasteiger partial charge < -0.3 is 10.3 Å². The van der Waals surface area contributed by atoms with E-state index in [1.165, 1.54) is 22.7 Å². The van der Waals surface area contributed by atoms with E-state index in [1.807, 2.05) is 17.5 Å². The van der Waals surface area contributed by atoms with Gasteiger partial charge in [0, 0.05) is 16.5 Å². The number of hydrogen-bond donors (Lipinski definition) is 4. The Kier molecular flexibility index (Phi) is 5.77. The Hall–Kier alpha value is -2.98. The van der Waals surface area contributed by atoms with Crippen molar-refractivity contribution in [3.8, 4) is 0 Å². The monoisotopic (exact) mass is 389 g/mol. The van der Waals surface area contributed by atoms with Crippen LogP contribution in [0.3, 0.4) is 0 Å². The van der Waals surface area contributed by atoms with E-state index in [-0.39, 0.29) is 18.7 Å². The molecule has 3 rings (SSSR count). The summed E-state index contributed by atoms with van der Waals surface area (Å²) < 4.78 is 0. The van der Waals surface area contributed by atoms with Crippen LogP contribution in [-0.4, -0.2) is 27.7 Å². The van der Waals surface area contributed by atoms with Gasteiger partial charge in [0.05, 0.1) is 18.5 Å². The molecule has 134 valence electrons. The first-order chi connectivity index (χ1) is 12.6. The Bertz CT molecular complexity index is 887. The highest BCUT2D eigenvalue weighted by molar-refractivity contribution is 7.14. The lowest BCUT2D eigenvalue weighted by molar-refractivity contribution is -0.121. The van der Waals surface area contributed by atoms with Gasteiger partial charge in [-0.05, 0) is 23.6 Å². The summed E-state index contributed by atoms with van der Waals surface area (Å²) in [6.07, 6.45) is 1.89. The van der Waals surface area contributed by atoms with E-state index < -0.39 is 11.8 Å². The molecule has 0 bridgehead atoms. The van der Waals surface area contributed by atoms with Crippen LogP contribution in [0.2, 0.25) is 0 Å². The quantitative estimate of drug-likeness (QED) is 0.480. The van der Waals surface area contributed by atoms with Gasteiger partial charge in [-0.15, -0.1) is 22.7 Å². The molecule has 0 saturated carbocycles. The number of aromatic nitrogens is 2. The predicted octanol–water partition coefficient (Wildman–Crippen LogP) is 1.72. The Morgan fingerprint density at radius 1 is 1.04 bits per heavy atom. The van der Waals surface area contributed by atoms with Crippen molar-refractivity contribution in [3.63, 3.8) is 0 Å². The molecule has 26 heavy (non-hydrogen) atoms. The van der Waals surface area contributed by atoms with Crippen LogP contribution in [-0.2, 0) is 22.4 Å². The van der Waals surface area contributed by atoms with Gasteiger partial charge in [-0.3, -0.25) is 25.2 Å². The molecule has 0 aliphatic carbocycles. The number of carbonyl (C=O) groups excluding carboxylic acids is 3. The molecule has 0 unspecified atom stereocenters. The predicted molar refractivity (Wildman–Crippen MR) is 98.9 cm³/mol. The van der Waals surface area contributed by atoms with Crippen LogP contribution in [0, 0.1) is 0 Å². The van der Waals surface area contributed by atoms with Gasteiger partial charge in [0.15, 0.2) is 5.13 Å². The molecular weight excluding hydrogens is 374 g/mol. The minimum absolute atomic E-state index is 0.0116. The van der Waals surface area contributed by atoms with E-state index in [2.05, 4.69) is 26.1 Å². The van der Waals surface area contributed by atoms with Gasteiger partial charge in [0.25, 0.3) is 5.91 Å². The third kappa shape index (κ3) is 5.01. The minimum Gasteiger partial charge on any atom is -0.357 e. The maximum atomic E-state index is 11.9. The molecule has 0 fully saturated rings. The molecule has 0 spiro atoms. The van der Waals surface area contributed by atoms with E-state index in [1.54, 1.807) is 23.7 Å². The number of hydrazine groups is 1. The number of thiazole rings is 1. The molecule has 0 aromatic carbocycles. The number of thiophene rings is 1. The molecule has 0 aliphatic rings. The molecule has 3 aromatic heterocycles. The average molecular weight is 389 g/mol. The smallest absolute Gasteiger partial charge is 0.286 e. The van der Waals surface area contributed by atoms with Crippen molar-refractivity contribution in [2.45, 2.75) is 12.8 Å². The second kappa shape index (κ2) is 8.41. The lowest BCUT2D eigenvalue weighted by atomic mass is 10.3. The van der Waals surface area contributed by atoms with Gasteiger partial charge in [-0.2, -0.15) is 0 Å². The van der Waals surface area contributed by atoms with Crippen LogP contribution in [0.5, 0.6) is 0 Å². The van der Waals surface area contributed by atoms with Crippen LogP contribution < -0.4 is 16.2 Å². The van der Waals surface area contributed by atoms with Crippen molar-refractivity contribution < 1.29 is 14.4 Å². The van der Waals surface area contributed by atoms with E-state index in [0.29, 0.717) is 16.5 Å². The number of nitrogens with one attached hydrogen (secondary N) is 4. The molecule has 0 aliphatic heterocycles. The molecule has 0 radical (unpaired) electrons. The first kappa shape index (κ1) is 17.8. The molecule has 10 heteroatoms. The third-order valence-electron chi connectivity index (χ3n) is 3.21. The number of hydrogen-bond acceptors (Lipinski definition) is 6. The molecular formula is C16H15N5O3S2. The van der Waals surface area contributed by atoms with E-state index in [4.69, 9.17) is 0 Å². The average Bonchev–Trinajstić information content (AvgIpc) is 3.35. The summed E-state index contributed by atoms with van der Waals surface area (Å²) in [5, 5.41) is 6.75. The molecule has 3 aromatic rings. The Morgan fingerprint density at radius 3 is 2.65 bits per heavy atom. The number of H-pyrrole nitrogens is 1. The van der Waals surface area contributed by atoms with Gasteiger partial charge in [0.1, 0.15) is 5.69 Å².